The molecule has 0 saturated carbocycles. The first-order chi connectivity index (χ1) is 8.06. The topological polar surface area (TPSA) is 40.5 Å². The first-order valence-electron chi connectivity index (χ1n) is 5.45. The molecule has 0 aliphatic carbocycles. The quantitative estimate of drug-likeness (QED) is 0.878. The lowest BCUT2D eigenvalue weighted by molar-refractivity contribution is -0.141. The van der Waals surface area contributed by atoms with Gasteiger partial charge in [-0.15, -0.1) is 0 Å². The van der Waals surface area contributed by atoms with Crippen LogP contribution in [0.15, 0.2) is 18.2 Å². The normalized spacial score (nSPS) is 20.7. The third-order valence-electron chi connectivity index (χ3n) is 3.03. The van der Waals surface area contributed by atoms with Crippen molar-refractivity contribution in [3.05, 3.63) is 35.4 Å². The third-order valence-corrected chi connectivity index (χ3v) is 3.03. The first kappa shape index (κ1) is 12.0. The highest BCUT2D eigenvalue weighted by Gasteiger charge is 2.28. The maximum absolute atomic E-state index is 13.4. The van der Waals surface area contributed by atoms with Crippen LogP contribution in [0.1, 0.15) is 12.0 Å². The van der Waals surface area contributed by atoms with Gasteiger partial charge >= 0.3 is 5.97 Å². The Bertz CT molecular complexity index is 437. The lowest BCUT2D eigenvalue weighted by Gasteiger charge is -2.15. The van der Waals surface area contributed by atoms with Gasteiger partial charge in [-0.1, -0.05) is 6.07 Å². The van der Waals surface area contributed by atoms with Crippen LogP contribution < -0.4 is 0 Å². The number of carboxylic acids is 1. The van der Waals surface area contributed by atoms with E-state index in [1.54, 1.807) is 0 Å². The minimum Gasteiger partial charge on any atom is -0.481 e. The summed E-state index contributed by atoms with van der Waals surface area (Å²) >= 11 is 0. The van der Waals surface area contributed by atoms with Crippen LogP contribution in [0, 0.1) is 17.6 Å². The van der Waals surface area contributed by atoms with Crippen LogP contribution in [0.4, 0.5) is 8.78 Å². The number of halogens is 2. The average Bonchev–Trinajstić information content (AvgIpc) is 2.71. The van der Waals surface area contributed by atoms with E-state index in [0.29, 0.717) is 31.6 Å². The molecule has 1 aliphatic rings. The van der Waals surface area contributed by atoms with E-state index in [-0.39, 0.29) is 5.92 Å². The highest BCUT2D eigenvalue weighted by molar-refractivity contribution is 5.70. The molecular formula is C12H13F2NO2. The van der Waals surface area contributed by atoms with E-state index in [1.807, 2.05) is 4.90 Å². The zero-order valence-corrected chi connectivity index (χ0v) is 9.20. The fraction of sp³-hybridized carbons (Fsp3) is 0.417. The molecule has 1 heterocycles. The van der Waals surface area contributed by atoms with Crippen molar-refractivity contribution in [2.24, 2.45) is 5.92 Å². The highest BCUT2D eigenvalue weighted by atomic mass is 19.1. The minimum atomic E-state index is -0.813. The van der Waals surface area contributed by atoms with Crippen LogP contribution in [-0.4, -0.2) is 29.1 Å². The summed E-state index contributed by atoms with van der Waals surface area (Å²) in [7, 11) is 0. The lowest BCUT2D eigenvalue weighted by atomic mass is 10.1. The second-order valence-electron chi connectivity index (χ2n) is 4.29. The van der Waals surface area contributed by atoms with Crippen molar-refractivity contribution in [3.63, 3.8) is 0 Å². The molecule has 1 fully saturated rings. The van der Waals surface area contributed by atoms with Crippen LogP contribution in [0.5, 0.6) is 0 Å². The van der Waals surface area contributed by atoms with Crippen molar-refractivity contribution >= 4 is 5.97 Å². The molecule has 17 heavy (non-hydrogen) atoms. The number of aliphatic carboxylic acids is 1. The molecule has 92 valence electrons. The summed E-state index contributed by atoms with van der Waals surface area (Å²) in [6.07, 6.45) is 0.581. The van der Waals surface area contributed by atoms with Crippen LogP contribution in [0.3, 0.4) is 0 Å². The van der Waals surface area contributed by atoms with Gasteiger partial charge in [0.25, 0.3) is 0 Å². The van der Waals surface area contributed by atoms with Crippen LogP contribution in [-0.2, 0) is 11.3 Å². The van der Waals surface area contributed by atoms with Gasteiger partial charge in [0, 0.05) is 24.7 Å². The Kier molecular flexibility index (Phi) is 3.38. The highest BCUT2D eigenvalue weighted by Crippen LogP contribution is 2.20. The molecule has 3 nitrogen and oxygen atoms in total. The van der Waals surface area contributed by atoms with Gasteiger partial charge in [0.2, 0.25) is 0 Å². The van der Waals surface area contributed by atoms with Gasteiger partial charge in [-0.3, -0.25) is 9.69 Å². The summed E-state index contributed by atoms with van der Waals surface area (Å²) in [6, 6.07) is 3.46. The van der Waals surface area contributed by atoms with Gasteiger partial charge in [0.05, 0.1) is 5.92 Å². The van der Waals surface area contributed by atoms with E-state index in [0.717, 1.165) is 6.07 Å². The zero-order valence-electron chi connectivity index (χ0n) is 9.20. The van der Waals surface area contributed by atoms with E-state index in [1.165, 1.54) is 12.1 Å². The number of hydrogen-bond donors (Lipinski definition) is 1. The summed E-state index contributed by atoms with van der Waals surface area (Å²) in [5.74, 6) is -2.37. The molecule has 1 unspecified atom stereocenters. The number of likely N-dealkylation sites (tertiary alicyclic amines) is 1. The van der Waals surface area contributed by atoms with Gasteiger partial charge in [-0.25, -0.2) is 8.78 Å². The standard InChI is InChI=1S/C12H13F2NO2/c13-10-2-1-8(11(14)5-10)6-15-4-3-9(7-15)12(16)17/h1-2,5,9H,3-4,6-7H2,(H,16,17). The first-order valence-corrected chi connectivity index (χ1v) is 5.45. The van der Waals surface area contributed by atoms with Crippen LogP contribution in [0.2, 0.25) is 0 Å². The fourth-order valence-electron chi connectivity index (χ4n) is 2.07. The molecule has 1 aromatic carbocycles. The summed E-state index contributed by atoms with van der Waals surface area (Å²) in [5, 5.41) is 8.84. The van der Waals surface area contributed by atoms with Crippen molar-refractivity contribution < 1.29 is 18.7 Å². The van der Waals surface area contributed by atoms with Gasteiger partial charge < -0.3 is 5.11 Å². The minimum absolute atomic E-state index is 0.329. The molecule has 1 N–H and O–H groups in total. The fourth-order valence-corrected chi connectivity index (χ4v) is 2.07. The molecule has 1 aromatic rings. The molecule has 0 amide bonds. The lowest BCUT2D eigenvalue weighted by Crippen LogP contribution is -2.23. The van der Waals surface area contributed by atoms with Crippen molar-refractivity contribution in [1.29, 1.82) is 0 Å². The summed E-state index contributed by atoms with van der Waals surface area (Å²) in [6.45, 7) is 1.38. The Labute approximate surface area is 97.7 Å². The second kappa shape index (κ2) is 4.79. The van der Waals surface area contributed by atoms with Gasteiger partial charge in [0.15, 0.2) is 0 Å². The Hall–Kier alpha value is -1.49. The zero-order chi connectivity index (χ0) is 12.4. The third kappa shape index (κ3) is 2.79. The summed E-state index contributed by atoms with van der Waals surface area (Å²) < 4.78 is 26.1. The molecule has 0 spiro atoms. The van der Waals surface area contributed by atoms with E-state index >= 15 is 0 Å². The monoisotopic (exact) mass is 241 g/mol. The van der Waals surface area contributed by atoms with E-state index in [2.05, 4.69) is 0 Å². The molecule has 0 radical (unpaired) electrons. The molecule has 1 atom stereocenters. The maximum atomic E-state index is 13.4. The number of hydrogen-bond acceptors (Lipinski definition) is 2. The predicted octanol–water partition coefficient (Wildman–Crippen LogP) is 1.87. The molecule has 2 rings (SSSR count). The molecule has 1 saturated heterocycles. The number of rotatable bonds is 3. The predicted molar refractivity (Wildman–Crippen MR) is 57.4 cm³/mol. The van der Waals surface area contributed by atoms with E-state index < -0.39 is 17.6 Å². The maximum Gasteiger partial charge on any atom is 0.307 e. The van der Waals surface area contributed by atoms with Gasteiger partial charge in [0.1, 0.15) is 11.6 Å². The number of carbonyl (C=O) groups is 1. The largest absolute Gasteiger partial charge is 0.481 e. The number of benzene rings is 1. The molecule has 0 aromatic heterocycles. The number of nitrogens with zero attached hydrogens (tertiary/aromatic N) is 1. The van der Waals surface area contributed by atoms with Crippen molar-refractivity contribution in [1.82, 2.24) is 4.90 Å². The smallest absolute Gasteiger partial charge is 0.307 e. The van der Waals surface area contributed by atoms with Crippen LogP contribution >= 0.6 is 0 Å². The SMILES string of the molecule is O=C(O)C1CCN(Cc2ccc(F)cc2F)C1. The van der Waals surface area contributed by atoms with Gasteiger partial charge in [-0.2, -0.15) is 0 Å². The average molecular weight is 241 g/mol. The molecule has 0 bridgehead atoms. The van der Waals surface area contributed by atoms with Crippen molar-refractivity contribution in [2.75, 3.05) is 13.1 Å². The van der Waals surface area contributed by atoms with Gasteiger partial charge in [-0.05, 0) is 19.0 Å². The Morgan fingerprint density at radius 1 is 1.47 bits per heavy atom. The molecule has 1 aliphatic heterocycles. The molecular weight excluding hydrogens is 228 g/mol. The molecule has 5 heteroatoms. The van der Waals surface area contributed by atoms with E-state index in [9.17, 15) is 13.6 Å². The Balaban J connectivity index is 2.00. The van der Waals surface area contributed by atoms with Crippen molar-refractivity contribution in [3.8, 4) is 0 Å². The number of carboxylic acid groups (broad SMARTS) is 1. The second-order valence-corrected chi connectivity index (χ2v) is 4.29. The van der Waals surface area contributed by atoms with Crippen LogP contribution in [0.25, 0.3) is 0 Å². The summed E-state index contributed by atoms with van der Waals surface area (Å²) in [5.41, 5.74) is 0.400. The summed E-state index contributed by atoms with van der Waals surface area (Å²) in [4.78, 5) is 12.6. The van der Waals surface area contributed by atoms with E-state index in [4.69, 9.17) is 5.11 Å². The Morgan fingerprint density at radius 2 is 2.24 bits per heavy atom. The Morgan fingerprint density at radius 3 is 2.82 bits per heavy atom. The van der Waals surface area contributed by atoms with Crippen molar-refractivity contribution in [2.45, 2.75) is 13.0 Å².